The highest BCUT2D eigenvalue weighted by atomic mass is 16.4. The molecule has 1 saturated carbocycles. The van der Waals surface area contributed by atoms with Crippen molar-refractivity contribution >= 4 is 11.9 Å². The van der Waals surface area contributed by atoms with Crippen LogP contribution in [0.3, 0.4) is 0 Å². The summed E-state index contributed by atoms with van der Waals surface area (Å²) in [5.41, 5.74) is 0.552. The van der Waals surface area contributed by atoms with Gasteiger partial charge in [-0.05, 0) is 36.5 Å². The topological polar surface area (TPSA) is 66.4 Å². The number of aromatic carboxylic acids is 1. The molecule has 0 heterocycles. The van der Waals surface area contributed by atoms with Crippen LogP contribution in [0, 0.1) is 11.8 Å². The number of amides is 1. The van der Waals surface area contributed by atoms with Crippen LogP contribution in [0.1, 0.15) is 59.7 Å². The first-order chi connectivity index (χ1) is 10.1. The Morgan fingerprint density at radius 2 is 1.86 bits per heavy atom. The van der Waals surface area contributed by atoms with Crippen molar-refractivity contribution in [1.29, 1.82) is 0 Å². The molecule has 4 heteroatoms. The van der Waals surface area contributed by atoms with Crippen molar-refractivity contribution in [2.45, 2.75) is 39.0 Å². The Labute approximate surface area is 125 Å². The van der Waals surface area contributed by atoms with Gasteiger partial charge in [-0.15, -0.1) is 0 Å². The number of carboxylic acid groups (broad SMARTS) is 1. The Balaban J connectivity index is 1.79. The molecule has 1 aliphatic rings. The van der Waals surface area contributed by atoms with Gasteiger partial charge in [0, 0.05) is 12.1 Å². The van der Waals surface area contributed by atoms with Crippen molar-refractivity contribution in [1.82, 2.24) is 5.32 Å². The molecule has 0 radical (unpaired) electrons. The zero-order valence-corrected chi connectivity index (χ0v) is 12.5. The van der Waals surface area contributed by atoms with Gasteiger partial charge >= 0.3 is 5.97 Å². The van der Waals surface area contributed by atoms with Crippen LogP contribution in [-0.4, -0.2) is 23.5 Å². The molecule has 0 atom stereocenters. The van der Waals surface area contributed by atoms with E-state index in [2.05, 4.69) is 12.2 Å². The standard InChI is InChI=1S/C17H23NO3/c1-12-5-7-13(8-6-12)9-10-18-16(19)14-3-2-4-15(11-14)17(20)21/h2-4,11-13H,5-10H2,1H3,(H,18,19)(H,20,21). The molecule has 0 bridgehead atoms. The van der Waals surface area contributed by atoms with Gasteiger partial charge in [0.15, 0.2) is 0 Å². The lowest BCUT2D eigenvalue weighted by Gasteiger charge is -2.26. The van der Waals surface area contributed by atoms with Crippen LogP contribution in [0.5, 0.6) is 0 Å². The molecule has 0 aliphatic heterocycles. The van der Waals surface area contributed by atoms with E-state index < -0.39 is 5.97 Å². The van der Waals surface area contributed by atoms with Crippen LogP contribution in [0.25, 0.3) is 0 Å². The van der Waals surface area contributed by atoms with Crippen LogP contribution in [0.15, 0.2) is 24.3 Å². The number of nitrogens with one attached hydrogen (secondary N) is 1. The first kappa shape index (κ1) is 15.5. The zero-order valence-electron chi connectivity index (χ0n) is 12.5. The van der Waals surface area contributed by atoms with Gasteiger partial charge in [0.05, 0.1) is 5.56 Å². The first-order valence-electron chi connectivity index (χ1n) is 7.68. The highest BCUT2D eigenvalue weighted by Crippen LogP contribution is 2.29. The molecule has 1 aliphatic carbocycles. The van der Waals surface area contributed by atoms with Gasteiger partial charge in [-0.2, -0.15) is 0 Å². The fourth-order valence-corrected chi connectivity index (χ4v) is 2.90. The summed E-state index contributed by atoms with van der Waals surface area (Å²) in [6.45, 7) is 2.96. The van der Waals surface area contributed by atoms with Crippen molar-refractivity contribution in [2.24, 2.45) is 11.8 Å². The molecular formula is C17H23NO3. The number of carbonyl (C=O) groups excluding carboxylic acids is 1. The van der Waals surface area contributed by atoms with Gasteiger partial charge in [-0.3, -0.25) is 4.79 Å². The van der Waals surface area contributed by atoms with Crippen LogP contribution >= 0.6 is 0 Å². The normalized spacial score (nSPS) is 21.8. The van der Waals surface area contributed by atoms with Crippen LogP contribution in [0.2, 0.25) is 0 Å². The number of hydrogen-bond acceptors (Lipinski definition) is 2. The molecule has 4 nitrogen and oxygen atoms in total. The van der Waals surface area contributed by atoms with Crippen LogP contribution in [-0.2, 0) is 0 Å². The molecule has 1 aromatic carbocycles. The van der Waals surface area contributed by atoms with Gasteiger partial charge in [0.1, 0.15) is 0 Å². The van der Waals surface area contributed by atoms with Gasteiger partial charge < -0.3 is 10.4 Å². The highest BCUT2D eigenvalue weighted by molar-refractivity contribution is 5.97. The molecular weight excluding hydrogens is 266 g/mol. The summed E-state index contributed by atoms with van der Waals surface area (Å²) in [5.74, 6) is 0.352. The van der Waals surface area contributed by atoms with E-state index in [4.69, 9.17) is 5.11 Å². The largest absolute Gasteiger partial charge is 0.478 e. The lowest BCUT2D eigenvalue weighted by Crippen LogP contribution is -2.27. The fourth-order valence-electron chi connectivity index (χ4n) is 2.90. The third-order valence-corrected chi connectivity index (χ3v) is 4.35. The average molecular weight is 289 g/mol. The zero-order chi connectivity index (χ0) is 15.2. The van der Waals surface area contributed by atoms with Crippen LogP contribution in [0.4, 0.5) is 0 Å². The van der Waals surface area contributed by atoms with E-state index >= 15 is 0 Å². The van der Waals surface area contributed by atoms with Gasteiger partial charge in [0.25, 0.3) is 5.91 Å². The molecule has 0 aromatic heterocycles. The van der Waals surface area contributed by atoms with Gasteiger partial charge in [-0.25, -0.2) is 4.79 Å². The minimum Gasteiger partial charge on any atom is -0.478 e. The quantitative estimate of drug-likeness (QED) is 0.873. The Kier molecular flexibility index (Phi) is 5.37. The Morgan fingerprint density at radius 1 is 1.19 bits per heavy atom. The minimum absolute atomic E-state index is 0.143. The molecule has 0 unspecified atom stereocenters. The first-order valence-corrected chi connectivity index (χ1v) is 7.68. The maximum absolute atomic E-state index is 12.0. The molecule has 1 amide bonds. The fraction of sp³-hybridized carbons (Fsp3) is 0.529. The van der Waals surface area contributed by atoms with Crippen molar-refractivity contribution in [3.63, 3.8) is 0 Å². The lowest BCUT2D eigenvalue weighted by molar-refractivity contribution is 0.0697. The van der Waals surface area contributed by atoms with E-state index in [9.17, 15) is 9.59 Å². The molecule has 1 fully saturated rings. The summed E-state index contributed by atoms with van der Waals surface area (Å²) >= 11 is 0. The molecule has 1 aromatic rings. The number of carboxylic acids is 1. The summed E-state index contributed by atoms with van der Waals surface area (Å²) < 4.78 is 0. The summed E-state index contributed by atoms with van der Waals surface area (Å²) in [7, 11) is 0. The van der Waals surface area contributed by atoms with E-state index in [1.165, 1.54) is 37.8 Å². The van der Waals surface area contributed by atoms with Crippen molar-refractivity contribution in [3.8, 4) is 0 Å². The molecule has 21 heavy (non-hydrogen) atoms. The lowest BCUT2D eigenvalue weighted by atomic mass is 9.81. The van der Waals surface area contributed by atoms with Crippen molar-refractivity contribution in [2.75, 3.05) is 6.54 Å². The highest BCUT2D eigenvalue weighted by Gasteiger charge is 2.18. The van der Waals surface area contributed by atoms with E-state index in [1.54, 1.807) is 12.1 Å². The average Bonchev–Trinajstić information content (AvgIpc) is 2.49. The number of hydrogen-bond donors (Lipinski definition) is 2. The molecule has 2 rings (SSSR count). The summed E-state index contributed by atoms with van der Waals surface area (Å²) in [6, 6.07) is 6.15. The third-order valence-electron chi connectivity index (χ3n) is 4.35. The predicted molar refractivity (Wildman–Crippen MR) is 81.5 cm³/mol. The number of rotatable bonds is 5. The van der Waals surface area contributed by atoms with Crippen molar-refractivity contribution < 1.29 is 14.7 Å². The molecule has 114 valence electrons. The van der Waals surface area contributed by atoms with E-state index in [0.29, 0.717) is 18.0 Å². The SMILES string of the molecule is CC1CCC(CCNC(=O)c2cccc(C(=O)O)c2)CC1. The maximum atomic E-state index is 12.0. The Morgan fingerprint density at radius 3 is 2.52 bits per heavy atom. The maximum Gasteiger partial charge on any atom is 0.335 e. The van der Waals surface area contributed by atoms with Crippen LogP contribution < -0.4 is 5.32 Å². The van der Waals surface area contributed by atoms with E-state index in [0.717, 1.165) is 12.3 Å². The summed E-state index contributed by atoms with van der Waals surface area (Å²) in [6.07, 6.45) is 6.10. The molecule has 0 spiro atoms. The number of carbonyl (C=O) groups is 2. The van der Waals surface area contributed by atoms with Crippen molar-refractivity contribution in [3.05, 3.63) is 35.4 Å². The minimum atomic E-state index is -1.01. The number of benzene rings is 1. The second-order valence-corrected chi connectivity index (χ2v) is 6.06. The molecule has 2 N–H and O–H groups in total. The molecule has 0 saturated heterocycles. The smallest absolute Gasteiger partial charge is 0.335 e. The van der Waals surface area contributed by atoms with E-state index in [1.807, 2.05) is 0 Å². The van der Waals surface area contributed by atoms with Gasteiger partial charge in [0.2, 0.25) is 0 Å². The third kappa shape index (κ3) is 4.59. The second-order valence-electron chi connectivity index (χ2n) is 6.06. The summed E-state index contributed by atoms with van der Waals surface area (Å²) in [5, 5.41) is 11.8. The predicted octanol–water partition coefficient (Wildman–Crippen LogP) is 3.33. The Hall–Kier alpha value is -1.84. The van der Waals surface area contributed by atoms with Gasteiger partial charge in [-0.1, -0.05) is 38.7 Å². The summed E-state index contributed by atoms with van der Waals surface area (Å²) in [4.78, 5) is 22.9. The van der Waals surface area contributed by atoms with E-state index in [-0.39, 0.29) is 11.5 Å². The monoisotopic (exact) mass is 289 g/mol. The second kappa shape index (κ2) is 7.25. The Bertz CT molecular complexity index is 505.